The van der Waals surface area contributed by atoms with Gasteiger partial charge in [-0.3, -0.25) is 4.79 Å². The van der Waals surface area contributed by atoms with Crippen LogP contribution in [0, 0.1) is 0 Å². The van der Waals surface area contributed by atoms with Crippen LogP contribution in [0.1, 0.15) is 38.1 Å². The average Bonchev–Trinajstić information content (AvgIpc) is 2.53. The molecule has 0 aliphatic heterocycles. The third-order valence-corrected chi connectivity index (χ3v) is 2.61. The van der Waals surface area contributed by atoms with Crippen LogP contribution in [0.4, 0.5) is 0 Å². The van der Waals surface area contributed by atoms with Crippen LogP contribution in [0.25, 0.3) is 5.65 Å². The zero-order valence-electron chi connectivity index (χ0n) is 9.90. The topological polar surface area (TPSA) is 34.4 Å². The first kappa shape index (κ1) is 10.9. The second-order valence-corrected chi connectivity index (χ2v) is 4.41. The molecule has 0 aliphatic carbocycles. The van der Waals surface area contributed by atoms with Crippen molar-refractivity contribution < 1.29 is 4.79 Å². The summed E-state index contributed by atoms with van der Waals surface area (Å²) >= 11 is 0. The number of fused-ring (bicyclic) bond motifs is 1. The van der Waals surface area contributed by atoms with Gasteiger partial charge < -0.3 is 4.40 Å². The lowest BCUT2D eigenvalue weighted by molar-refractivity contribution is -0.116. The average molecular weight is 216 g/mol. The normalized spacial score (nSPS) is 11.2. The number of carbonyl (C=O) groups excluding carboxylic acids is 1. The molecule has 0 fully saturated rings. The van der Waals surface area contributed by atoms with Crippen LogP contribution in [0.3, 0.4) is 0 Å². The Bertz CT molecular complexity index is 526. The maximum absolute atomic E-state index is 11.2. The van der Waals surface area contributed by atoms with E-state index in [1.54, 1.807) is 6.92 Å². The predicted molar refractivity (Wildman–Crippen MR) is 63.7 cm³/mol. The lowest BCUT2D eigenvalue weighted by Gasteiger charge is -2.07. The van der Waals surface area contributed by atoms with E-state index in [0.717, 1.165) is 17.0 Å². The number of ketones is 1. The lowest BCUT2D eigenvalue weighted by atomic mass is 10.1. The molecule has 0 amide bonds. The van der Waals surface area contributed by atoms with E-state index in [9.17, 15) is 4.79 Å². The molecule has 0 atom stereocenters. The van der Waals surface area contributed by atoms with Crippen molar-refractivity contribution >= 4 is 11.4 Å². The number of hydrogen-bond donors (Lipinski definition) is 0. The largest absolute Gasteiger partial charge is 0.304 e. The molecule has 16 heavy (non-hydrogen) atoms. The maximum Gasteiger partial charge on any atom is 0.137 e. The van der Waals surface area contributed by atoms with Crippen LogP contribution in [0.2, 0.25) is 0 Å². The van der Waals surface area contributed by atoms with Gasteiger partial charge in [0.05, 0.1) is 12.1 Å². The Kier molecular flexibility index (Phi) is 2.77. The minimum Gasteiger partial charge on any atom is -0.304 e. The van der Waals surface area contributed by atoms with E-state index in [-0.39, 0.29) is 5.78 Å². The van der Waals surface area contributed by atoms with Crippen molar-refractivity contribution in [2.24, 2.45) is 0 Å². The number of hydrogen-bond acceptors (Lipinski definition) is 2. The molecule has 0 N–H and O–H groups in total. The summed E-state index contributed by atoms with van der Waals surface area (Å²) in [5.74, 6) is 0.525. The first-order valence-electron chi connectivity index (χ1n) is 5.55. The Balaban J connectivity index is 2.63. The Labute approximate surface area is 95.1 Å². The number of pyridine rings is 1. The van der Waals surface area contributed by atoms with E-state index < -0.39 is 0 Å². The fraction of sp³-hybridized carbons (Fsp3) is 0.385. The number of nitrogens with zero attached hydrogens (tertiary/aromatic N) is 2. The van der Waals surface area contributed by atoms with Gasteiger partial charge in [0, 0.05) is 11.9 Å². The first-order chi connectivity index (χ1) is 7.59. The second kappa shape index (κ2) is 4.08. The third-order valence-electron chi connectivity index (χ3n) is 2.61. The number of aromatic nitrogens is 2. The summed E-state index contributed by atoms with van der Waals surface area (Å²) in [6.45, 7) is 5.86. The van der Waals surface area contributed by atoms with Gasteiger partial charge >= 0.3 is 0 Å². The van der Waals surface area contributed by atoms with E-state index in [1.165, 1.54) is 0 Å². The van der Waals surface area contributed by atoms with Gasteiger partial charge in [-0.1, -0.05) is 19.9 Å². The molecule has 0 unspecified atom stereocenters. The summed E-state index contributed by atoms with van der Waals surface area (Å²) in [7, 11) is 0. The molecule has 84 valence electrons. The van der Waals surface area contributed by atoms with Crippen LogP contribution in [-0.4, -0.2) is 15.2 Å². The maximum atomic E-state index is 11.2. The van der Waals surface area contributed by atoms with Gasteiger partial charge in [0.1, 0.15) is 11.4 Å². The number of Topliss-reactive ketones (excluding diaryl/α,β-unsaturated/α-hetero) is 1. The highest BCUT2D eigenvalue weighted by Gasteiger charge is 2.15. The number of rotatable bonds is 3. The predicted octanol–water partition coefficient (Wildman–Crippen LogP) is 2.59. The molecule has 0 saturated carbocycles. The van der Waals surface area contributed by atoms with Crippen molar-refractivity contribution in [3.63, 3.8) is 0 Å². The summed E-state index contributed by atoms with van der Waals surface area (Å²) in [6.07, 6.45) is 2.43. The van der Waals surface area contributed by atoms with Gasteiger partial charge in [0.2, 0.25) is 0 Å². The summed E-state index contributed by atoms with van der Waals surface area (Å²) in [5.41, 5.74) is 2.97. The van der Waals surface area contributed by atoms with Crippen molar-refractivity contribution in [3.8, 4) is 0 Å². The molecule has 0 radical (unpaired) electrons. The lowest BCUT2D eigenvalue weighted by Crippen LogP contribution is -2.03. The van der Waals surface area contributed by atoms with Crippen LogP contribution in [0.5, 0.6) is 0 Å². The number of imidazole rings is 1. The summed E-state index contributed by atoms with van der Waals surface area (Å²) in [4.78, 5) is 15.7. The Hall–Kier alpha value is -1.64. The van der Waals surface area contributed by atoms with Gasteiger partial charge in [-0.15, -0.1) is 0 Å². The zero-order chi connectivity index (χ0) is 11.7. The Morgan fingerprint density at radius 3 is 2.81 bits per heavy atom. The highest BCUT2D eigenvalue weighted by molar-refractivity contribution is 5.78. The van der Waals surface area contributed by atoms with Crippen LogP contribution in [-0.2, 0) is 11.2 Å². The van der Waals surface area contributed by atoms with Crippen molar-refractivity contribution in [1.29, 1.82) is 0 Å². The molecule has 0 aromatic carbocycles. The fourth-order valence-corrected chi connectivity index (χ4v) is 2.04. The van der Waals surface area contributed by atoms with Crippen molar-refractivity contribution in [3.05, 3.63) is 35.8 Å². The van der Waals surface area contributed by atoms with Crippen LogP contribution < -0.4 is 0 Å². The van der Waals surface area contributed by atoms with E-state index in [1.807, 2.05) is 24.4 Å². The van der Waals surface area contributed by atoms with Crippen molar-refractivity contribution in [2.75, 3.05) is 0 Å². The molecule has 2 aromatic heterocycles. The Morgan fingerprint density at radius 1 is 1.44 bits per heavy atom. The highest BCUT2D eigenvalue weighted by Crippen LogP contribution is 2.21. The van der Waals surface area contributed by atoms with E-state index >= 15 is 0 Å². The van der Waals surface area contributed by atoms with E-state index in [4.69, 9.17) is 0 Å². The van der Waals surface area contributed by atoms with Gasteiger partial charge in [-0.2, -0.15) is 0 Å². The second-order valence-electron chi connectivity index (χ2n) is 4.41. The third kappa shape index (κ3) is 1.85. The molecule has 2 aromatic rings. The molecule has 2 rings (SSSR count). The molecule has 0 saturated heterocycles. The van der Waals surface area contributed by atoms with Crippen LogP contribution >= 0.6 is 0 Å². The first-order valence-corrected chi connectivity index (χ1v) is 5.55. The molecular weight excluding hydrogens is 200 g/mol. The molecule has 0 bridgehead atoms. The highest BCUT2D eigenvalue weighted by atomic mass is 16.1. The molecule has 0 spiro atoms. The number of carbonyl (C=O) groups is 1. The van der Waals surface area contributed by atoms with Gasteiger partial charge in [0.25, 0.3) is 0 Å². The van der Waals surface area contributed by atoms with E-state index in [0.29, 0.717) is 12.3 Å². The molecule has 2 heterocycles. The summed E-state index contributed by atoms with van der Waals surface area (Å²) in [5, 5.41) is 0. The van der Waals surface area contributed by atoms with Gasteiger partial charge in [0.15, 0.2) is 0 Å². The quantitative estimate of drug-likeness (QED) is 0.790. The fourth-order valence-electron chi connectivity index (χ4n) is 2.04. The monoisotopic (exact) mass is 216 g/mol. The van der Waals surface area contributed by atoms with Crippen LogP contribution in [0.15, 0.2) is 24.4 Å². The van der Waals surface area contributed by atoms with Gasteiger partial charge in [-0.05, 0) is 25.0 Å². The SMILES string of the molecule is CC(=O)Cc1nc2ccccn2c1C(C)C. The summed E-state index contributed by atoms with van der Waals surface area (Å²) in [6, 6.07) is 5.91. The zero-order valence-corrected chi connectivity index (χ0v) is 9.90. The standard InChI is InChI=1S/C13H16N2O/c1-9(2)13-11(8-10(3)16)14-12-6-4-5-7-15(12)13/h4-7,9H,8H2,1-3H3. The van der Waals surface area contributed by atoms with Crippen molar-refractivity contribution in [2.45, 2.75) is 33.1 Å². The molecule has 0 aliphatic rings. The molecule has 3 nitrogen and oxygen atoms in total. The molecular formula is C13H16N2O. The van der Waals surface area contributed by atoms with Crippen molar-refractivity contribution in [1.82, 2.24) is 9.38 Å². The molecule has 3 heteroatoms. The van der Waals surface area contributed by atoms with E-state index in [2.05, 4.69) is 23.2 Å². The smallest absolute Gasteiger partial charge is 0.137 e. The Morgan fingerprint density at radius 2 is 2.19 bits per heavy atom. The minimum atomic E-state index is 0.158. The summed E-state index contributed by atoms with van der Waals surface area (Å²) < 4.78 is 2.07. The minimum absolute atomic E-state index is 0.158. The van der Waals surface area contributed by atoms with Gasteiger partial charge in [-0.25, -0.2) is 4.98 Å².